The van der Waals surface area contributed by atoms with Gasteiger partial charge in [0, 0.05) is 12.3 Å². The number of benzene rings is 2. The van der Waals surface area contributed by atoms with Crippen LogP contribution < -0.4 is 5.32 Å². The van der Waals surface area contributed by atoms with Gasteiger partial charge >= 0.3 is 0 Å². The molecule has 1 aliphatic rings. The van der Waals surface area contributed by atoms with Gasteiger partial charge < -0.3 is 5.32 Å². The molecule has 2 nitrogen and oxygen atoms in total. The molecule has 0 heterocycles. The molecule has 2 aromatic rings. The number of carbonyl (C=O) groups excluding carboxylic acids is 1. The maximum absolute atomic E-state index is 12.5. The minimum Gasteiger partial charge on any atom is -0.317 e. The molecule has 2 aromatic carbocycles. The Kier molecular flexibility index (Phi) is 6.62. The van der Waals surface area contributed by atoms with Gasteiger partial charge in [0.2, 0.25) is 0 Å². The van der Waals surface area contributed by atoms with Crippen molar-refractivity contribution in [3.8, 4) is 11.1 Å². The highest BCUT2D eigenvalue weighted by molar-refractivity contribution is 5.88. The second-order valence-electron chi connectivity index (χ2n) is 7.65. The number of rotatable bonds is 8. The third-order valence-corrected chi connectivity index (χ3v) is 5.61. The minimum absolute atomic E-state index is 0.106. The maximum Gasteiger partial charge on any atom is 0.140 e. The van der Waals surface area contributed by atoms with Crippen LogP contribution in [0.3, 0.4) is 0 Å². The van der Waals surface area contributed by atoms with E-state index in [2.05, 4.69) is 67.7 Å². The highest BCUT2D eigenvalue weighted by atomic mass is 16.1. The molecule has 2 unspecified atom stereocenters. The van der Waals surface area contributed by atoms with Gasteiger partial charge in [-0.15, -0.1) is 0 Å². The molecular formula is C24H31NO. The number of ketones is 1. The summed E-state index contributed by atoms with van der Waals surface area (Å²) in [6.45, 7) is 6.51. The van der Waals surface area contributed by atoms with E-state index in [1.165, 1.54) is 41.5 Å². The molecule has 2 heteroatoms. The van der Waals surface area contributed by atoms with E-state index >= 15 is 0 Å². The summed E-state index contributed by atoms with van der Waals surface area (Å²) in [5.74, 6) is 1.10. The number of hydrogen-bond donors (Lipinski definition) is 1. The summed E-state index contributed by atoms with van der Waals surface area (Å²) in [6, 6.07) is 17.1. The van der Waals surface area contributed by atoms with E-state index in [4.69, 9.17) is 0 Å². The van der Waals surface area contributed by atoms with E-state index in [1.54, 1.807) is 0 Å². The van der Waals surface area contributed by atoms with Crippen LogP contribution in [0.15, 0.2) is 48.5 Å². The van der Waals surface area contributed by atoms with Crippen molar-refractivity contribution < 1.29 is 4.79 Å². The molecule has 1 aliphatic carbocycles. The molecule has 26 heavy (non-hydrogen) atoms. The van der Waals surface area contributed by atoms with E-state index in [1.807, 2.05) is 0 Å². The molecular weight excluding hydrogens is 318 g/mol. The molecule has 0 radical (unpaired) electrons. The molecule has 2 atom stereocenters. The normalized spacial score (nSPS) is 19.8. The van der Waals surface area contributed by atoms with Gasteiger partial charge in [-0.3, -0.25) is 4.79 Å². The molecule has 0 saturated heterocycles. The lowest BCUT2D eigenvalue weighted by molar-refractivity contribution is -0.118. The summed E-state index contributed by atoms with van der Waals surface area (Å²) in [5.41, 5.74) is 4.98. The van der Waals surface area contributed by atoms with E-state index in [-0.39, 0.29) is 5.92 Å². The van der Waals surface area contributed by atoms with E-state index in [0.29, 0.717) is 11.7 Å². The third kappa shape index (κ3) is 4.62. The Labute approximate surface area is 158 Å². The predicted molar refractivity (Wildman–Crippen MR) is 109 cm³/mol. The maximum atomic E-state index is 12.5. The number of hydrogen-bond acceptors (Lipinski definition) is 2. The number of carbonyl (C=O) groups is 1. The fourth-order valence-electron chi connectivity index (χ4n) is 4.13. The molecule has 1 saturated carbocycles. The number of nitrogens with one attached hydrogen (secondary N) is 1. The van der Waals surface area contributed by atoms with Crippen LogP contribution in [0.1, 0.15) is 56.1 Å². The summed E-state index contributed by atoms with van der Waals surface area (Å²) < 4.78 is 0. The van der Waals surface area contributed by atoms with Gasteiger partial charge in [-0.25, -0.2) is 0 Å². The minimum atomic E-state index is 0.106. The van der Waals surface area contributed by atoms with Gasteiger partial charge in [0.25, 0.3) is 0 Å². The lowest BCUT2D eigenvalue weighted by atomic mass is 9.92. The highest BCUT2D eigenvalue weighted by Gasteiger charge is 2.32. The smallest absolute Gasteiger partial charge is 0.140 e. The van der Waals surface area contributed by atoms with Crippen LogP contribution in [0.2, 0.25) is 0 Å². The largest absolute Gasteiger partial charge is 0.317 e. The van der Waals surface area contributed by atoms with Crippen LogP contribution in [0.5, 0.6) is 0 Å². The molecule has 0 aromatic heterocycles. The SMILES string of the molecule is CCCNCCCC1CC(=O)C(c2ccc(-c3ccccc3C)cc2)C1. The fraction of sp³-hybridized carbons (Fsp3) is 0.458. The van der Waals surface area contributed by atoms with Crippen molar-refractivity contribution in [2.24, 2.45) is 5.92 Å². The topological polar surface area (TPSA) is 29.1 Å². The van der Waals surface area contributed by atoms with Crippen LogP contribution in [0.4, 0.5) is 0 Å². The van der Waals surface area contributed by atoms with Crippen molar-refractivity contribution in [3.05, 3.63) is 59.7 Å². The summed E-state index contributed by atoms with van der Waals surface area (Å²) in [5, 5.41) is 3.45. The number of aryl methyl sites for hydroxylation is 1. The van der Waals surface area contributed by atoms with Crippen LogP contribution >= 0.6 is 0 Å². The quantitative estimate of drug-likeness (QED) is 0.637. The van der Waals surface area contributed by atoms with Crippen molar-refractivity contribution in [1.82, 2.24) is 5.32 Å². The van der Waals surface area contributed by atoms with Crippen LogP contribution in [-0.4, -0.2) is 18.9 Å². The summed E-state index contributed by atoms with van der Waals surface area (Å²) in [4.78, 5) is 12.5. The summed E-state index contributed by atoms with van der Waals surface area (Å²) >= 11 is 0. The molecule has 0 aliphatic heterocycles. The second kappa shape index (κ2) is 9.14. The molecule has 0 bridgehead atoms. The predicted octanol–water partition coefficient (Wildman–Crippen LogP) is 5.50. The van der Waals surface area contributed by atoms with Crippen LogP contribution in [-0.2, 0) is 4.79 Å². The number of Topliss-reactive ketones (excluding diaryl/α,β-unsaturated/α-hetero) is 1. The van der Waals surface area contributed by atoms with E-state index in [9.17, 15) is 4.79 Å². The Morgan fingerprint density at radius 1 is 1.04 bits per heavy atom. The van der Waals surface area contributed by atoms with Crippen LogP contribution in [0, 0.1) is 12.8 Å². The third-order valence-electron chi connectivity index (χ3n) is 5.61. The second-order valence-corrected chi connectivity index (χ2v) is 7.65. The molecule has 138 valence electrons. The molecule has 1 fully saturated rings. The Morgan fingerprint density at radius 2 is 1.81 bits per heavy atom. The van der Waals surface area contributed by atoms with Crippen molar-refractivity contribution >= 4 is 5.78 Å². The van der Waals surface area contributed by atoms with Crippen molar-refractivity contribution in [2.45, 2.75) is 51.9 Å². The zero-order chi connectivity index (χ0) is 18.4. The molecule has 0 spiro atoms. The van der Waals surface area contributed by atoms with E-state index < -0.39 is 0 Å². The average Bonchev–Trinajstić information content (AvgIpc) is 3.03. The Balaban J connectivity index is 1.59. The van der Waals surface area contributed by atoms with Gasteiger partial charge in [-0.2, -0.15) is 0 Å². The zero-order valence-corrected chi connectivity index (χ0v) is 16.1. The average molecular weight is 350 g/mol. The van der Waals surface area contributed by atoms with E-state index in [0.717, 1.165) is 25.9 Å². The van der Waals surface area contributed by atoms with Crippen molar-refractivity contribution in [2.75, 3.05) is 13.1 Å². The van der Waals surface area contributed by atoms with Gasteiger partial charge in [-0.05, 0) is 73.9 Å². The molecule has 3 rings (SSSR count). The van der Waals surface area contributed by atoms with Gasteiger partial charge in [0.15, 0.2) is 0 Å². The van der Waals surface area contributed by atoms with Crippen LogP contribution in [0.25, 0.3) is 11.1 Å². The monoisotopic (exact) mass is 349 g/mol. The standard InChI is InChI=1S/C24H31NO/c1-3-14-25-15-6-8-19-16-23(24(26)17-19)21-12-10-20(11-13-21)22-9-5-4-7-18(22)2/h4-5,7,9-13,19,23,25H,3,6,8,14-17H2,1-2H3. The summed E-state index contributed by atoms with van der Waals surface area (Å²) in [6.07, 6.45) is 5.31. The molecule has 0 amide bonds. The first-order chi connectivity index (χ1) is 12.7. The zero-order valence-electron chi connectivity index (χ0n) is 16.1. The first-order valence-electron chi connectivity index (χ1n) is 10.1. The fourth-order valence-corrected chi connectivity index (χ4v) is 4.13. The Morgan fingerprint density at radius 3 is 2.54 bits per heavy atom. The first kappa shape index (κ1) is 18.8. The molecule has 1 N–H and O–H groups in total. The highest BCUT2D eigenvalue weighted by Crippen LogP contribution is 2.38. The first-order valence-corrected chi connectivity index (χ1v) is 10.1. The van der Waals surface area contributed by atoms with Gasteiger partial charge in [-0.1, -0.05) is 55.5 Å². The lowest BCUT2D eigenvalue weighted by Crippen LogP contribution is -2.16. The Bertz CT molecular complexity index is 719. The lowest BCUT2D eigenvalue weighted by Gasteiger charge is -2.12. The van der Waals surface area contributed by atoms with Gasteiger partial charge in [0.05, 0.1) is 0 Å². The summed E-state index contributed by atoms with van der Waals surface area (Å²) in [7, 11) is 0. The van der Waals surface area contributed by atoms with Crippen molar-refractivity contribution in [3.63, 3.8) is 0 Å². The van der Waals surface area contributed by atoms with Crippen molar-refractivity contribution in [1.29, 1.82) is 0 Å². The van der Waals surface area contributed by atoms with Gasteiger partial charge in [0.1, 0.15) is 5.78 Å². The Hall–Kier alpha value is -1.93.